The molecular formula is C17H21N3O2. The van der Waals surface area contributed by atoms with Crippen molar-refractivity contribution in [3.8, 4) is 0 Å². The summed E-state index contributed by atoms with van der Waals surface area (Å²) < 4.78 is 0. The maximum atomic E-state index is 11.9. The zero-order chi connectivity index (χ0) is 15.5. The molecule has 5 nitrogen and oxygen atoms in total. The number of nitrogens with zero attached hydrogens (tertiary/aromatic N) is 1. The summed E-state index contributed by atoms with van der Waals surface area (Å²) in [7, 11) is 0. The molecule has 1 aromatic carbocycles. The Hall–Kier alpha value is -1.98. The molecule has 3 atom stereocenters. The summed E-state index contributed by atoms with van der Waals surface area (Å²) in [6, 6.07) is 10.4. The van der Waals surface area contributed by atoms with Crippen molar-refractivity contribution in [2.45, 2.75) is 44.3 Å². The van der Waals surface area contributed by atoms with Crippen LogP contribution in [0.2, 0.25) is 0 Å². The maximum Gasteiger partial charge on any atom is 0.167 e. The van der Waals surface area contributed by atoms with Gasteiger partial charge < -0.3 is 5.11 Å². The summed E-state index contributed by atoms with van der Waals surface area (Å²) >= 11 is 0. The summed E-state index contributed by atoms with van der Waals surface area (Å²) in [4.78, 5) is 16.4. The third kappa shape index (κ3) is 2.96. The Labute approximate surface area is 130 Å². The number of aliphatic hydroxyl groups excluding tert-OH is 1. The monoisotopic (exact) mass is 299 g/mol. The van der Waals surface area contributed by atoms with Gasteiger partial charge in [0.05, 0.1) is 5.57 Å². The Bertz CT molecular complexity index is 610. The van der Waals surface area contributed by atoms with Gasteiger partial charge in [-0.25, -0.2) is 5.43 Å². The highest BCUT2D eigenvalue weighted by Crippen LogP contribution is 2.28. The van der Waals surface area contributed by atoms with E-state index in [9.17, 15) is 9.90 Å². The largest absolute Gasteiger partial charge is 0.512 e. The number of benzene rings is 1. The first-order chi connectivity index (χ1) is 10.7. The summed E-state index contributed by atoms with van der Waals surface area (Å²) in [5.41, 5.74) is 7.92. The predicted octanol–water partition coefficient (Wildman–Crippen LogP) is 2.23. The second kappa shape index (κ2) is 6.42. The van der Waals surface area contributed by atoms with Crippen LogP contribution in [-0.2, 0) is 4.79 Å². The Kier molecular flexibility index (Phi) is 4.36. The zero-order valence-corrected chi connectivity index (χ0v) is 12.6. The number of aliphatic imine (C=N–C) groups is 1. The van der Waals surface area contributed by atoms with E-state index in [2.05, 4.69) is 34.9 Å². The van der Waals surface area contributed by atoms with E-state index >= 15 is 0 Å². The molecule has 1 aliphatic heterocycles. The van der Waals surface area contributed by atoms with Crippen molar-refractivity contribution >= 4 is 12.0 Å². The lowest BCUT2D eigenvalue weighted by Gasteiger charge is -2.19. The van der Waals surface area contributed by atoms with Crippen LogP contribution in [0.15, 0.2) is 46.7 Å². The van der Waals surface area contributed by atoms with Gasteiger partial charge in [-0.15, -0.1) is 0 Å². The summed E-state index contributed by atoms with van der Waals surface area (Å²) in [5.74, 6) is 0.317. The quantitative estimate of drug-likeness (QED) is 0.748. The first kappa shape index (κ1) is 14.9. The van der Waals surface area contributed by atoms with Crippen molar-refractivity contribution in [2.24, 2.45) is 4.99 Å². The van der Waals surface area contributed by atoms with Gasteiger partial charge >= 0.3 is 0 Å². The lowest BCUT2D eigenvalue weighted by Crippen LogP contribution is -2.31. The molecule has 0 radical (unpaired) electrons. The van der Waals surface area contributed by atoms with Gasteiger partial charge in [-0.05, 0) is 18.9 Å². The van der Waals surface area contributed by atoms with Crippen LogP contribution in [0.1, 0.15) is 37.7 Å². The Morgan fingerprint density at radius 2 is 2.00 bits per heavy atom. The van der Waals surface area contributed by atoms with E-state index in [1.54, 1.807) is 0 Å². The average Bonchev–Trinajstić information content (AvgIpc) is 2.88. The van der Waals surface area contributed by atoms with Crippen molar-refractivity contribution in [2.75, 3.05) is 0 Å². The summed E-state index contributed by atoms with van der Waals surface area (Å²) in [6.07, 6.45) is 3.13. The number of carbonyl (C=O) groups excluding carboxylic acids is 1. The molecule has 3 unspecified atom stereocenters. The number of hydrazine groups is 1. The topological polar surface area (TPSA) is 73.7 Å². The molecule has 0 aromatic heterocycles. The number of allylic oxidation sites excluding steroid dienone is 2. The molecular weight excluding hydrogens is 278 g/mol. The second-order valence-corrected chi connectivity index (χ2v) is 5.87. The highest BCUT2D eigenvalue weighted by molar-refractivity contribution is 6.14. The molecule has 1 fully saturated rings. The van der Waals surface area contributed by atoms with Crippen LogP contribution < -0.4 is 10.9 Å². The van der Waals surface area contributed by atoms with E-state index in [1.807, 2.05) is 18.2 Å². The van der Waals surface area contributed by atoms with Gasteiger partial charge in [0.15, 0.2) is 5.78 Å². The highest BCUT2D eigenvalue weighted by Gasteiger charge is 2.33. The van der Waals surface area contributed by atoms with Crippen molar-refractivity contribution in [3.05, 3.63) is 47.2 Å². The Morgan fingerprint density at radius 1 is 1.23 bits per heavy atom. The fourth-order valence-corrected chi connectivity index (χ4v) is 3.09. The zero-order valence-electron chi connectivity index (χ0n) is 12.6. The minimum absolute atomic E-state index is 0.0252. The minimum atomic E-state index is -0.160. The van der Waals surface area contributed by atoms with Crippen LogP contribution in [-0.4, -0.2) is 29.3 Å². The second-order valence-electron chi connectivity index (χ2n) is 5.87. The summed E-state index contributed by atoms with van der Waals surface area (Å²) in [6.45, 7) is 2.10. The average molecular weight is 299 g/mol. The SMILES string of the molecule is CC1NNC(/N=C/C2=C(O)CCCC2=O)C1c1ccccc1. The van der Waals surface area contributed by atoms with Crippen LogP contribution in [0, 0.1) is 0 Å². The summed E-state index contributed by atoms with van der Waals surface area (Å²) in [5, 5.41) is 9.88. The van der Waals surface area contributed by atoms with Crippen molar-refractivity contribution in [1.29, 1.82) is 0 Å². The van der Waals surface area contributed by atoms with Gasteiger partial charge in [0.2, 0.25) is 0 Å². The van der Waals surface area contributed by atoms with Gasteiger partial charge in [-0.1, -0.05) is 30.3 Å². The molecule has 3 rings (SSSR count). The normalized spacial score (nSPS) is 29.5. The molecule has 22 heavy (non-hydrogen) atoms. The lowest BCUT2D eigenvalue weighted by molar-refractivity contribution is -0.115. The molecule has 116 valence electrons. The van der Waals surface area contributed by atoms with Gasteiger partial charge in [0.1, 0.15) is 11.9 Å². The minimum Gasteiger partial charge on any atom is -0.512 e. The molecule has 0 bridgehead atoms. The first-order valence-electron chi connectivity index (χ1n) is 7.71. The van der Waals surface area contributed by atoms with E-state index in [4.69, 9.17) is 0 Å². The first-order valence-corrected chi connectivity index (χ1v) is 7.71. The van der Waals surface area contributed by atoms with Crippen LogP contribution in [0.5, 0.6) is 0 Å². The van der Waals surface area contributed by atoms with E-state index in [1.165, 1.54) is 11.8 Å². The van der Waals surface area contributed by atoms with Crippen LogP contribution in [0.25, 0.3) is 0 Å². The number of carbonyl (C=O) groups is 1. The molecule has 0 amide bonds. The molecule has 5 heteroatoms. The van der Waals surface area contributed by atoms with Crippen LogP contribution >= 0.6 is 0 Å². The Balaban J connectivity index is 1.82. The molecule has 1 saturated heterocycles. The molecule has 1 heterocycles. The van der Waals surface area contributed by atoms with Crippen LogP contribution in [0.4, 0.5) is 0 Å². The number of Topliss-reactive ketones (excluding diaryl/α,β-unsaturated/α-hetero) is 1. The number of aliphatic hydroxyl groups is 1. The number of hydrogen-bond donors (Lipinski definition) is 3. The number of ketones is 1. The smallest absolute Gasteiger partial charge is 0.167 e. The van der Waals surface area contributed by atoms with Gasteiger partial charge in [-0.3, -0.25) is 15.2 Å². The predicted molar refractivity (Wildman–Crippen MR) is 85.7 cm³/mol. The molecule has 0 spiro atoms. The fourth-order valence-electron chi connectivity index (χ4n) is 3.09. The maximum absolute atomic E-state index is 11.9. The molecule has 3 N–H and O–H groups in total. The van der Waals surface area contributed by atoms with Gasteiger partial charge in [-0.2, -0.15) is 0 Å². The molecule has 2 aliphatic rings. The van der Waals surface area contributed by atoms with Crippen molar-refractivity contribution < 1.29 is 9.90 Å². The van der Waals surface area contributed by atoms with E-state index < -0.39 is 0 Å². The van der Waals surface area contributed by atoms with E-state index in [-0.39, 0.29) is 29.7 Å². The van der Waals surface area contributed by atoms with E-state index in [0.717, 1.165) is 6.42 Å². The molecule has 0 saturated carbocycles. The van der Waals surface area contributed by atoms with E-state index in [0.29, 0.717) is 18.4 Å². The number of nitrogens with one attached hydrogen (secondary N) is 2. The Morgan fingerprint density at radius 3 is 2.73 bits per heavy atom. The van der Waals surface area contributed by atoms with Crippen molar-refractivity contribution in [3.63, 3.8) is 0 Å². The number of hydrogen-bond acceptors (Lipinski definition) is 5. The third-order valence-corrected chi connectivity index (χ3v) is 4.32. The lowest BCUT2D eigenvalue weighted by atomic mass is 9.91. The third-order valence-electron chi connectivity index (χ3n) is 4.32. The van der Waals surface area contributed by atoms with Gasteiger partial charge in [0.25, 0.3) is 0 Å². The standard InChI is InChI=1S/C17H21N3O2/c1-11-16(12-6-3-2-4-7-12)17(20-19-11)18-10-13-14(21)8-5-9-15(13)22/h2-4,6-7,10-11,16-17,19-21H,5,8-9H2,1H3/b18-10+. The van der Waals surface area contributed by atoms with Crippen molar-refractivity contribution in [1.82, 2.24) is 10.9 Å². The van der Waals surface area contributed by atoms with Gasteiger partial charge in [0, 0.05) is 31.0 Å². The molecule has 1 aliphatic carbocycles. The fraction of sp³-hybridized carbons (Fsp3) is 0.412. The van der Waals surface area contributed by atoms with Crippen LogP contribution in [0.3, 0.4) is 0 Å². The number of rotatable bonds is 3. The highest BCUT2D eigenvalue weighted by atomic mass is 16.3. The molecule has 1 aromatic rings.